The molecule has 1 heterocycles. The van der Waals surface area contributed by atoms with Crippen molar-refractivity contribution in [1.29, 1.82) is 0 Å². The van der Waals surface area contributed by atoms with E-state index in [0.717, 1.165) is 112 Å². The zero-order valence-corrected chi connectivity index (χ0v) is 30.9. The summed E-state index contributed by atoms with van der Waals surface area (Å²) < 4.78 is 23.9. The lowest BCUT2D eigenvalue weighted by atomic mass is 10.00. The molecular formula is C40H56O8S. The summed E-state index contributed by atoms with van der Waals surface area (Å²) in [4.78, 5) is 53.6. The molecule has 0 saturated carbocycles. The summed E-state index contributed by atoms with van der Waals surface area (Å²) in [7, 11) is 0. The minimum Gasteiger partial charge on any atom is -0.462 e. The predicted molar refractivity (Wildman–Crippen MR) is 197 cm³/mol. The zero-order chi connectivity index (χ0) is 35.4. The molecule has 0 atom stereocenters. The molecule has 2 aromatic carbocycles. The Bertz CT molecular complexity index is 1400. The van der Waals surface area contributed by atoms with E-state index in [1.165, 1.54) is 11.3 Å². The van der Waals surface area contributed by atoms with E-state index in [9.17, 15) is 19.2 Å². The SMILES string of the molecule is CCCCCCOC(=O)c1cc2sc3cc(C(=O)OCCCCCC)c(C(=O)OCCCCCC)cc3c2cc1C(=O)OCCCCCC. The zero-order valence-electron chi connectivity index (χ0n) is 30.1. The number of fused-ring (bicyclic) bond motifs is 3. The van der Waals surface area contributed by atoms with Crippen molar-refractivity contribution in [2.75, 3.05) is 26.4 Å². The van der Waals surface area contributed by atoms with E-state index >= 15 is 0 Å². The van der Waals surface area contributed by atoms with Gasteiger partial charge >= 0.3 is 23.9 Å². The number of carbonyl (C=O) groups excluding carboxylic acids is 4. The molecule has 270 valence electrons. The first-order chi connectivity index (χ1) is 23.9. The Kier molecular flexibility index (Phi) is 18.2. The van der Waals surface area contributed by atoms with E-state index in [1.807, 2.05) is 0 Å². The van der Waals surface area contributed by atoms with E-state index in [-0.39, 0.29) is 48.7 Å². The van der Waals surface area contributed by atoms with Gasteiger partial charge in [-0.25, -0.2) is 19.2 Å². The monoisotopic (exact) mass is 696 g/mol. The highest BCUT2D eigenvalue weighted by molar-refractivity contribution is 7.25. The van der Waals surface area contributed by atoms with Gasteiger partial charge in [-0.3, -0.25) is 0 Å². The smallest absolute Gasteiger partial charge is 0.339 e. The molecule has 0 amide bonds. The van der Waals surface area contributed by atoms with Crippen LogP contribution < -0.4 is 0 Å². The third kappa shape index (κ3) is 12.4. The van der Waals surface area contributed by atoms with E-state index in [2.05, 4.69) is 27.7 Å². The van der Waals surface area contributed by atoms with Crippen molar-refractivity contribution in [2.45, 2.75) is 130 Å². The Morgan fingerprint density at radius 3 is 0.939 bits per heavy atom. The molecule has 0 fully saturated rings. The maximum Gasteiger partial charge on any atom is 0.339 e. The van der Waals surface area contributed by atoms with Crippen LogP contribution in [-0.4, -0.2) is 50.3 Å². The minimum absolute atomic E-state index is 0.122. The summed E-state index contributed by atoms with van der Waals surface area (Å²) in [5, 5.41) is 1.35. The van der Waals surface area contributed by atoms with E-state index < -0.39 is 23.9 Å². The summed E-state index contributed by atoms with van der Waals surface area (Å²) in [6, 6.07) is 6.64. The van der Waals surface area contributed by atoms with Gasteiger partial charge in [0, 0.05) is 20.2 Å². The van der Waals surface area contributed by atoms with Crippen LogP contribution in [0.3, 0.4) is 0 Å². The van der Waals surface area contributed by atoms with Crippen LogP contribution in [-0.2, 0) is 18.9 Å². The van der Waals surface area contributed by atoms with Crippen LogP contribution >= 0.6 is 11.3 Å². The molecule has 8 nitrogen and oxygen atoms in total. The number of esters is 4. The van der Waals surface area contributed by atoms with Crippen molar-refractivity contribution >= 4 is 55.4 Å². The van der Waals surface area contributed by atoms with E-state index in [0.29, 0.717) is 10.8 Å². The lowest BCUT2D eigenvalue weighted by molar-refractivity contribution is 0.0451. The fraction of sp³-hybridized carbons (Fsp3) is 0.600. The van der Waals surface area contributed by atoms with Crippen LogP contribution in [0.15, 0.2) is 24.3 Å². The lowest BCUT2D eigenvalue weighted by Crippen LogP contribution is -2.15. The number of rotatable bonds is 24. The Morgan fingerprint density at radius 2 is 0.673 bits per heavy atom. The largest absolute Gasteiger partial charge is 0.462 e. The predicted octanol–water partition coefficient (Wildman–Crippen LogP) is 11.0. The van der Waals surface area contributed by atoms with Gasteiger partial charge in [0.05, 0.1) is 48.7 Å². The van der Waals surface area contributed by atoms with Gasteiger partial charge in [0.1, 0.15) is 0 Å². The second-order valence-corrected chi connectivity index (χ2v) is 13.8. The molecule has 0 bridgehead atoms. The highest BCUT2D eigenvalue weighted by atomic mass is 32.1. The molecule has 3 rings (SSSR count). The van der Waals surface area contributed by atoms with Gasteiger partial charge in [0.2, 0.25) is 0 Å². The van der Waals surface area contributed by atoms with Crippen LogP contribution in [0.25, 0.3) is 20.2 Å². The number of unbranched alkanes of at least 4 members (excludes halogenated alkanes) is 12. The minimum atomic E-state index is -0.592. The second kappa shape index (κ2) is 22.3. The van der Waals surface area contributed by atoms with Crippen molar-refractivity contribution in [3.8, 4) is 0 Å². The molecule has 0 aliphatic rings. The third-order valence-electron chi connectivity index (χ3n) is 8.55. The first-order valence-corrected chi connectivity index (χ1v) is 19.4. The lowest BCUT2D eigenvalue weighted by Gasteiger charge is -2.12. The number of hydrogen-bond donors (Lipinski definition) is 0. The fourth-order valence-corrected chi connectivity index (χ4v) is 6.78. The van der Waals surface area contributed by atoms with Crippen molar-refractivity contribution < 1.29 is 38.1 Å². The Labute approximate surface area is 296 Å². The summed E-state index contributed by atoms with van der Waals surface area (Å²) in [6.07, 6.45) is 15.3. The molecule has 9 heteroatoms. The van der Waals surface area contributed by atoms with Gasteiger partial charge in [-0.15, -0.1) is 11.3 Å². The van der Waals surface area contributed by atoms with Crippen LogP contribution in [0.2, 0.25) is 0 Å². The fourth-order valence-electron chi connectivity index (χ4n) is 5.63. The normalized spacial score (nSPS) is 11.2. The van der Waals surface area contributed by atoms with Crippen molar-refractivity contribution in [2.24, 2.45) is 0 Å². The molecule has 0 unspecified atom stereocenters. The standard InChI is InChI=1S/C40H56O8S/c1-5-9-13-17-21-45-37(41)31-25-29-30-26-32(38(42)46-22-18-14-10-6-2)34(40(44)48-24-20-16-12-8-4)28-36(30)49-35(29)27-33(31)39(43)47-23-19-15-11-7-3/h25-28H,5-24H2,1-4H3. The van der Waals surface area contributed by atoms with Crippen LogP contribution in [0.5, 0.6) is 0 Å². The van der Waals surface area contributed by atoms with Crippen molar-refractivity contribution in [3.63, 3.8) is 0 Å². The van der Waals surface area contributed by atoms with Crippen molar-refractivity contribution in [1.82, 2.24) is 0 Å². The van der Waals surface area contributed by atoms with Crippen LogP contribution in [0.1, 0.15) is 172 Å². The maximum atomic E-state index is 13.4. The molecule has 0 spiro atoms. The van der Waals surface area contributed by atoms with Gasteiger partial charge in [-0.05, 0) is 49.9 Å². The van der Waals surface area contributed by atoms with E-state index in [1.54, 1.807) is 24.3 Å². The molecule has 3 aromatic rings. The summed E-state index contributed by atoms with van der Waals surface area (Å²) in [6.45, 7) is 9.51. The molecule has 0 aliphatic heterocycles. The summed E-state index contributed by atoms with van der Waals surface area (Å²) >= 11 is 1.37. The Morgan fingerprint density at radius 1 is 0.408 bits per heavy atom. The molecule has 1 aromatic heterocycles. The number of benzene rings is 2. The van der Waals surface area contributed by atoms with Crippen molar-refractivity contribution in [3.05, 3.63) is 46.5 Å². The average Bonchev–Trinajstić information content (AvgIpc) is 3.46. The van der Waals surface area contributed by atoms with Gasteiger partial charge in [-0.2, -0.15) is 0 Å². The first kappa shape index (κ1) is 40.0. The van der Waals surface area contributed by atoms with Crippen LogP contribution in [0.4, 0.5) is 0 Å². The highest BCUT2D eigenvalue weighted by Gasteiger charge is 2.26. The average molecular weight is 697 g/mol. The van der Waals surface area contributed by atoms with Gasteiger partial charge < -0.3 is 18.9 Å². The molecule has 0 aliphatic carbocycles. The molecule has 0 radical (unpaired) electrons. The van der Waals surface area contributed by atoms with Gasteiger partial charge in [-0.1, -0.05) is 105 Å². The molecular weight excluding hydrogens is 640 g/mol. The molecule has 0 saturated heterocycles. The Balaban J connectivity index is 2.02. The quantitative estimate of drug-likeness (QED) is 0.0518. The van der Waals surface area contributed by atoms with Gasteiger partial charge in [0.15, 0.2) is 0 Å². The first-order valence-electron chi connectivity index (χ1n) is 18.6. The Hall–Kier alpha value is -3.46. The van der Waals surface area contributed by atoms with Crippen LogP contribution in [0, 0.1) is 0 Å². The van der Waals surface area contributed by atoms with E-state index in [4.69, 9.17) is 18.9 Å². The topological polar surface area (TPSA) is 105 Å². The maximum absolute atomic E-state index is 13.4. The number of hydrogen-bond acceptors (Lipinski definition) is 9. The summed E-state index contributed by atoms with van der Waals surface area (Å²) in [5.74, 6) is -2.33. The number of ether oxygens (including phenoxy) is 4. The number of carbonyl (C=O) groups is 4. The van der Waals surface area contributed by atoms with Gasteiger partial charge in [0.25, 0.3) is 0 Å². The highest BCUT2D eigenvalue weighted by Crippen LogP contribution is 2.38. The molecule has 49 heavy (non-hydrogen) atoms. The number of thiophene rings is 1. The summed E-state index contributed by atoms with van der Waals surface area (Å²) in [5.41, 5.74) is 0.534. The third-order valence-corrected chi connectivity index (χ3v) is 9.67. The molecule has 0 N–H and O–H groups in total. The second-order valence-electron chi connectivity index (χ2n) is 12.7.